The van der Waals surface area contributed by atoms with E-state index in [1.54, 1.807) is 4.68 Å². The van der Waals surface area contributed by atoms with Gasteiger partial charge in [0.2, 0.25) is 0 Å². The van der Waals surface area contributed by atoms with E-state index in [2.05, 4.69) is 45.3 Å². The van der Waals surface area contributed by atoms with Gasteiger partial charge in [0.1, 0.15) is 5.69 Å². The zero-order chi connectivity index (χ0) is 18.6. The van der Waals surface area contributed by atoms with Gasteiger partial charge in [-0.25, -0.2) is 0 Å². The number of carbonyl (C=O) groups is 1. The molecule has 0 aliphatic rings. The first-order chi connectivity index (χ1) is 13.2. The van der Waals surface area contributed by atoms with Crippen molar-refractivity contribution in [1.82, 2.24) is 24.9 Å². The van der Waals surface area contributed by atoms with Gasteiger partial charge in [0.05, 0.1) is 18.3 Å². The molecule has 0 saturated heterocycles. The van der Waals surface area contributed by atoms with Gasteiger partial charge in [0, 0.05) is 24.0 Å². The molecule has 0 aliphatic carbocycles. The minimum atomic E-state index is -0.121. The van der Waals surface area contributed by atoms with Crippen molar-refractivity contribution in [1.29, 1.82) is 0 Å². The number of amides is 1. The highest BCUT2D eigenvalue weighted by molar-refractivity contribution is 5.94. The van der Waals surface area contributed by atoms with Gasteiger partial charge in [0.15, 0.2) is 0 Å². The molecular weight excluding hydrogens is 338 g/mol. The number of nitrogens with zero attached hydrogens (tertiary/aromatic N) is 4. The Hall–Kier alpha value is -3.41. The highest BCUT2D eigenvalue weighted by atomic mass is 16.1. The Bertz CT molecular complexity index is 1060. The molecule has 0 aliphatic heterocycles. The maximum atomic E-state index is 12.4. The fourth-order valence-electron chi connectivity index (χ4n) is 3.11. The molecule has 2 aromatic carbocycles. The molecule has 0 atom stereocenters. The Balaban J connectivity index is 1.44. The van der Waals surface area contributed by atoms with Crippen molar-refractivity contribution in [2.45, 2.75) is 26.4 Å². The van der Waals surface area contributed by atoms with E-state index in [-0.39, 0.29) is 5.91 Å². The molecule has 2 heterocycles. The summed E-state index contributed by atoms with van der Waals surface area (Å²) in [5.41, 5.74) is 3.54. The van der Waals surface area contributed by atoms with Crippen LogP contribution in [0, 0.1) is 0 Å². The fraction of sp³-hybridized carbons (Fsp3) is 0.190. The monoisotopic (exact) mass is 359 g/mol. The second kappa shape index (κ2) is 7.45. The molecule has 0 saturated carbocycles. The van der Waals surface area contributed by atoms with Crippen LogP contribution < -0.4 is 5.32 Å². The Kier molecular flexibility index (Phi) is 4.70. The number of aryl methyl sites for hydroxylation is 1. The van der Waals surface area contributed by atoms with Gasteiger partial charge in [-0.15, -0.1) is 5.10 Å². The summed E-state index contributed by atoms with van der Waals surface area (Å²) < 4.78 is 3.90. The Morgan fingerprint density at radius 2 is 1.89 bits per heavy atom. The summed E-state index contributed by atoms with van der Waals surface area (Å²) in [6.45, 7) is 3.28. The van der Waals surface area contributed by atoms with Crippen LogP contribution in [0.5, 0.6) is 0 Å². The van der Waals surface area contributed by atoms with Crippen LogP contribution >= 0.6 is 0 Å². The van der Waals surface area contributed by atoms with Crippen molar-refractivity contribution >= 4 is 16.8 Å². The molecule has 27 heavy (non-hydrogen) atoms. The van der Waals surface area contributed by atoms with Crippen molar-refractivity contribution in [3.8, 4) is 5.69 Å². The fourth-order valence-corrected chi connectivity index (χ4v) is 3.11. The first kappa shape index (κ1) is 17.0. The van der Waals surface area contributed by atoms with Crippen LogP contribution in [0.3, 0.4) is 0 Å². The third-order valence-electron chi connectivity index (χ3n) is 4.48. The van der Waals surface area contributed by atoms with Gasteiger partial charge in [-0.3, -0.25) is 9.48 Å². The molecule has 0 spiro atoms. The van der Waals surface area contributed by atoms with E-state index in [0.717, 1.165) is 29.9 Å². The van der Waals surface area contributed by atoms with Crippen LogP contribution in [0.4, 0.5) is 0 Å². The van der Waals surface area contributed by atoms with Crippen LogP contribution in [-0.2, 0) is 13.1 Å². The average Bonchev–Trinajstić information content (AvgIpc) is 3.33. The van der Waals surface area contributed by atoms with Gasteiger partial charge >= 0.3 is 0 Å². The topological polar surface area (TPSA) is 64.7 Å². The van der Waals surface area contributed by atoms with Gasteiger partial charge in [-0.05, 0) is 48.2 Å². The van der Waals surface area contributed by atoms with Gasteiger partial charge in [-0.1, -0.05) is 30.3 Å². The molecule has 0 radical (unpaired) electrons. The number of rotatable bonds is 6. The number of benzene rings is 2. The summed E-state index contributed by atoms with van der Waals surface area (Å²) in [5, 5.41) is 12.2. The normalized spacial score (nSPS) is 11.0. The second-order valence-corrected chi connectivity index (χ2v) is 6.45. The minimum absolute atomic E-state index is 0.121. The molecule has 1 N–H and O–H groups in total. The maximum Gasteiger partial charge on any atom is 0.251 e. The first-order valence-corrected chi connectivity index (χ1v) is 9.08. The summed E-state index contributed by atoms with van der Waals surface area (Å²) in [6, 6.07) is 17.9. The smallest absolute Gasteiger partial charge is 0.251 e. The van der Waals surface area contributed by atoms with Crippen molar-refractivity contribution in [3.05, 3.63) is 78.2 Å². The van der Waals surface area contributed by atoms with Crippen LogP contribution in [0.15, 0.2) is 67.0 Å². The van der Waals surface area contributed by atoms with E-state index >= 15 is 0 Å². The predicted molar refractivity (Wildman–Crippen MR) is 105 cm³/mol. The summed E-state index contributed by atoms with van der Waals surface area (Å²) >= 11 is 0. The highest BCUT2D eigenvalue weighted by Crippen LogP contribution is 2.20. The van der Waals surface area contributed by atoms with Crippen LogP contribution in [0.25, 0.3) is 16.6 Å². The number of fused-ring (bicyclic) bond motifs is 1. The molecule has 6 heteroatoms. The number of aromatic nitrogens is 4. The lowest BCUT2D eigenvalue weighted by atomic mass is 10.2. The second-order valence-electron chi connectivity index (χ2n) is 6.45. The zero-order valence-electron chi connectivity index (χ0n) is 15.2. The van der Waals surface area contributed by atoms with Gasteiger partial charge < -0.3 is 9.88 Å². The molecule has 4 aromatic rings. The molecule has 2 aromatic heterocycles. The number of hydrogen-bond donors (Lipinski definition) is 1. The lowest BCUT2D eigenvalue weighted by Gasteiger charge is -2.07. The molecule has 4 rings (SSSR count). The van der Waals surface area contributed by atoms with Crippen molar-refractivity contribution < 1.29 is 4.79 Å². The number of hydrogen-bond acceptors (Lipinski definition) is 3. The van der Waals surface area contributed by atoms with Crippen molar-refractivity contribution in [2.24, 2.45) is 0 Å². The van der Waals surface area contributed by atoms with Crippen LogP contribution in [-0.4, -0.2) is 25.5 Å². The largest absolute Gasteiger partial charge is 0.346 e. The van der Waals surface area contributed by atoms with E-state index in [4.69, 9.17) is 0 Å². The SMILES string of the molecule is CCCn1cc(CNC(=O)c2ccc(-n3ccc4ccccc43)cc2)nn1. The quantitative estimate of drug-likeness (QED) is 0.572. The van der Waals surface area contributed by atoms with E-state index in [9.17, 15) is 4.79 Å². The summed E-state index contributed by atoms with van der Waals surface area (Å²) in [5.74, 6) is -0.121. The zero-order valence-corrected chi connectivity index (χ0v) is 15.2. The first-order valence-electron chi connectivity index (χ1n) is 9.08. The number of nitrogens with one attached hydrogen (secondary N) is 1. The van der Waals surface area contributed by atoms with Crippen LogP contribution in [0.2, 0.25) is 0 Å². The minimum Gasteiger partial charge on any atom is -0.346 e. The third-order valence-corrected chi connectivity index (χ3v) is 4.48. The Morgan fingerprint density at radius 3 is 2.70 bits per heavy atom. The van der Waals surface area contributed by atoms with Crippen molar-refractivity contribution in [3.63, 3.8) is 0 Å². The van der Waals surface area contributed by atoms with Crippen molar-refractivity contribution in [2.75, 3.05) is 0 Å². The predicted octanol–water partition coefficient (Wildman–Crippen LogP) is 3.56. The highest BCUT2D eigenvalue weighted by Gasteiger charge is 2.08. The Morgan fingerprint density at radius 1 is 1.07 bits per heavy atom. The molecular formula is C21H21N5O. The standard InChI is InChI=1S/C21H21N5O/c1-2-12-25-15-18(23-24-25)14-22-21(27)17-7-9-19(10-8-17)26-13-11-16-5-3-4-6-20(16)26/h3-11,13,15H,2,12,14H2,1H3,(H,22,27). The van der Waals surface area contributed by atoms with E-state index in [1.165, 1.54) is 5.39 Å². The lowest BCUT2D eigenvalue weighted by molar-refractivity contribution is 0.0950. The molecule has 6 nitrogen and oxygen atoms in total. The number of para-hydroxylation sites is 1. The van der Waals surface area contributed by atoms with E-state index < -0.39 is 0 Å². The Labute approximate surface area is 157 Å². The van der Waals surface area contributed by atoms with Gasteiger partial charge in [-0.2, -0.15) is 0 Å². The maximum absolute atomic E-state index is 12.4. The molecule has 136 valence electrons. The number of carbonyl (C=O) groups excluding carboxylic acids is 1. The average molecular weight is 359 g/mol. The molecule has 1 amide bonds. The summed E-state index contributed by atoms with van der Waals surface area (Å²) in [6.07, 6.45) is 4.90. The molecule has 0 unspecified atom stereocenters. The van der Waals surface area contributed by atoms with E-state index in [0.29, 0.717) is 12.1 Å². The molecule has 0 fully saturated rings. The summed E-state index contributed by atoms with van der Waals surface area (Å²) in [4.78, 5) is 12.4. The van der Waals surface area contributed by atoms with E-state index in [1.807, 2.05) is 48.8 Å². The van der Waals surface area contributed by atoms with Gasteiger partial charge in [0.25, 0.3) is 5.91 Å². The lowest BCUT2D eigenvalue weighted by Crippen LogP contribution is -2.23. The third kappa shape index (κ3) is 3.60. The van der Waals surface area contributed by atoms with Crippen LogP contribution in [0.1, 0.15) is 29.4 Å². The molecule has 0 bridgehead atoms. The summed E-state index contributed by atoms with van der Waals surface area (Å²) in [7, 11) is 0.